The monoisotopic (exact) mass is 398 g/mol. The number of nitrogens with zero attached hydrogens (tertiary/aromatic N) is 1. The van der Waals surface area contributed by atoms with Crippen LogP contribution in [-0.2, 0) is 10.2 Å². The van der Waals surface area contributed by atoms with Gasteiger partial charge in [-0.2, -0.15) is 5.10 Å². The van der Waals surface area contributed by atoms with Crippen LogP contribution in [0.2, 0.25) is 0 Å². The number of fused-ring (bicyclic) bond motifs is 1. The summed E-state index contributed by atoms with van der Waals surface area (Å²) in [7, 11) is 0. The highest BCUT2D eigenvalue weighted by molar-refractivity contribution is 5.85. The van der Waals surface area contributed by atoms with Gasteiger partial charge >= 0.3 is 0 Å². The number of carbonyl (C=O) groups excluding carboxylic acids is 1. The van der Waals surface area contributed by atoms with Gasteiger partial charge in [0.1, 0.15) is 6.61 Å². The Morgan fingerprint density at radius 3 is 2.79 bits per heavy atom. The zero-order valence-electron chi connectivity index (χ0n) is 17.1. The number of ether oxygens (including phenoxy) is 3. The Morgan fingerprint density at radius 1 is 1.28 bits per heavy atom. The lowest BCUT2D eigenvalue weighted by molar-refractivity contribution is -0.130. The summed E-state index contributed by atoms with van der Waals surface area (Å²) in [5.74, 6) is 1.18. The second-order valence-electron chi connectivity index (χ2n) is 7.72. The van der Waals surface area contributed by atoms with E-state index in [0.29, 0.717) is 29.4 Å². The van der Waals surface area contributed by atoms with Crippen LogP contribution in [-0.4, -0.2) is 36.5 Å². The van der Waals surface area contributed by atoms with E-state index in [-0.39, 0.29) is 17.8 Å². The number of amides is 1. The van der Waals surface area contributed by atoms with Crippen molar-refractivity contribution in [1.29, 1.82) is 0 Å². The maximum atomic E-state index is 12.4. The Labute approximate surface area is 170 Å². The van der Waals surface area contributed by atoms with Crippen molar-refractivity contribution in [3.63, 3.8) is 0 Å². The van der Waals surface area contributed by atoms with Crippen LogP contribution < -0.4 is 19.6 Å². The number of carbonyl (C=O) groups is 1. The van der Waals surface area contributed by atoms with Crippen molar-refractivity contribution in [2.24, 2.45) is 5.10 Å². The molecule has 1 amide bonds. The summed E-state index contributed by atoms with van der Waals surface area (Å²) in [6.45, 7) is 8.70. The highest BCUT2D eigenvalue weighted by atomic mass is 16.6. The molecule has 1 heterocycles. The van der Waals surface area contributed by atoms with Gasteiger partial charge in [-0.05, 0) is 53.8 Å². The van der Waals surface area contributed by atoms with Crippen LogP contribution in [0.3, 0.4) is 0 Å². The fourth-order valence-electron chi connectivity index (χ4n) is 2.79. The number of phenols is 1. The molecule has 0 aromatic heterocycles. The summed E-state index contributed by atoms with van der Waals surface area (Å²) in [6, 6.07) is 10.6. The zero-order chi connectivity index (χ0) is 21.0. The minimum Gasteiger partial charge on any atom is -0.504 e. The quantitative estimate of drug-likeness (QED) is 0.595. The molecule has 29 heavy (non-hydrogen) atoms. The number of hydrogen-bond acceptors (Lipinski definition) is 6. The maximum absolute atomic E-state index is 12.4. The molecule has 0 radical (unpaired) electrons. The normalized spacial score (nSPS) is 15.9. The van der Waals surface area contributed by atoms with Crippen LogP contribution in [0.1, 0.15) is 38.8 Å². The highest BCUT2D eigenvalue weighted by Crippen LogP contribution is 2.36. The molecule has 1 unspecified atom stereocenters. The number of aromatic hydroxyl groups is 1. The first kappa shape index (κ1) is 20.5. The Bertz CT molecular complexity index is 918. The van der Waals surface area contributed by atoms with E-state index < -0.39 is 12.0 Å². The van der Waals surface area contributed by atoms with Crippen LogP contribution in [0.5, 0.6) is 23.0 Å². The fourth-order valence-corrected chi connectivity index (χ4v) is 2.79. The van der Waals surface area contributed by atoms with Gasteiger partial charge < -0.3 is 19.3 Å². The predicted octanol–water partition coefficient (Wildman–Crippen LogP) is 3.38. The largest absolute Gasteiger partial charge is 0.504 e. The first-order chi connectivity index (χ1) is 13.8. The van der Waals surface area contributed by atoms with Gasteiger partial charge in [-0.25, -0.2) is 5.43 Å². The number of nitrogens with one attached hydrogen (secondary N) is 1. The molecular formula is C22H26N2O5. The van der Waals surface area contributed by atoms with E-state index in [1.54, 1.807) is 12.1 Å². The van der Waals surface area contributed by atoms with Crippen molar-refractivity contribution in [2.45, 2.75) is 39.2 Å². The fraction of sp³-hybridized carbons (Fsp3) is 0.364. The lowest BCUT2D eigenvalue weighted by atomic mass is 9.87. The Kier molecular flexibility index (Phi) is 5.96. The number of phenolic OH excluding ortho intramolecular Hbond substituents is 1. The lowest BCUT2D eigenvalue weighted by Crippen LogP contribution is -2.42. The van der Waals surface area contributed by atoms with Crippen molar-refractivity contribution >= 4 is 12.1 Å². The van der Waals surface area contributed by atoms with Gasteiger partial charge in [0.25, 0.3) is 5.91 Å². The molecule has 0 saturated carbocycles. The number of hydrogen-bond donors (Lipinski definition) is 2. The van der Waals surface area contributed by atoms with Gasteiger partial charge in [0.05, 0.1) is 12.8 Å². The average molecular weight is 398 g/mol. The number of rotatable bonds is 5. The molecule has 0 saturated heterocycles. The van der Waals surface area contributed by atoms with Crippen LogP contribution in [0.4, 0.5) is 0 Å². The molecule has 2 N–H and O–H groups in total. The van der Waals surface area contributed by atoms with Crippen molar-refractivity contribution in [1.82, 2.24) is 5.43 Å². The molecule has 3 rings (SSSR count). The lowest BCUT2D eigenvalue weighted by Gasteiger charge is -2.27. The van der Waals surface area contributed by atoms with E-state index in [1.165, 1.54) is 12.3 Å². The average Bonchev–Trinajstić information content (AvgIpc) is 2.69. The van der Waals surface area contributed by atoms with E-state index in [9.17, 15) is 9.90 Å². The standard InChI is InChI=1S/C22H26N2O5/c1-5-27-18-10-14(6-8-16(18)25)12-23-24-21(26)20-13-28-17-9-7-15(22(2,3)4)11-19(17)29-20/h6-12,20,25H,5,13H2,1-4H3,(H,24,26)/b23-12-. The van der Waals surface area contributed by atoms with Crippen molar-refractivity contribution < 1.29 is 24.1 Å². The van der Waals surface area contributed by atoms with Crippen LogP contribution in [0.25, 0.3) is 0 Å². The van der Waals surface area contributed by atoms with E-state index >= 15 is 0 Å². The van der Waals surface area contributed by atoms with E-state index in [0.717, 1.165) is 5.56 Å². The van der Waals surface area contributed by atoms with Crippen LogP contribution >= 0.6 is 0 Å². The van der Waals surface area contributed by atoms with Gasteiger partial charge in [0, 0.05) is 0 Å². The molecule has 2 aromatic carbocycles. The Balaban J connectivity index is 1.64. The van der Waals surface area contributed by atoms with Gasteiger partial charge in [-0.3, -0.25) is 4.79 Å². The van der Waals surface area contributed by atoms with Gasteiger partial charge in [0.2, 0.25) is 6.10 Å². The molecule has 7 nitrogen and oxygen atoms in total. The third-order valence-corrected chi connectivity index (χ3v) is 4.43. The number of benzene rings is 2. The first-order valence-electron chi connectivity index (χ1n) is 9.50. The Hall–Kier alpha value is -3.22. The van der Waals surface area contributed by atoms with E-state index in [1.807, 2.05) is 25.1 Å². The summed E-state index contributed by atoms with van der Waals surface area (Å²) >= 11 is 0. The molecule has 154 valence electrons. The minimum atomic E-state index is -0.798. The molecule has 1 atom stereocenters. The summed E-state index contributed by atoms with van der Waals surface area (Å²) in [4.78, 5) is 12.4. The summed E-state index contributed by atoms with van der Waals surface area (Å²) < 4.78 is 16.8. The van der Waals surface area contributed by atoms with Crippen molar-refractivity contribution in [3.8, 4) is 23.0 Å². The third kappa shape index (κ3) is 4.99. The molecule has 7 heteroatoms. The molecule has 2 aromatic rings. The molecule has 1 aliphatic heterocycles. The molecule has 0 fully saturated rings. The second kappa shape index (κ2) is 8.43. The van der Waals surface area contributed by atoms with E-state index in [2.05, 4.69) is 31.3 Å². The maximum Gasteiger partial charge on any atom is 0.284 e. The topological polar surface area (TPSA) is 89.4 Å². The zero-order valence-corrected chi connectivity index (χ0v) is 17.1. The summed E-state index contributed by atoms with van der Waals surface area (Å²) in [6.07, 6.45) is 0.670. The van der Waals surface area contributed by atoms with Gasteiger partial charge in [0.15, 0.2) is 23.0 Å². The molecule has 0 bridgehead atoms. The molecular weight excluding hydrogens is 372 g/mol. The predicted molar refractivity (Wildman–Crippen MR) is 110 cm³/mol. The first-order valence-corrected chi connectivity index (χ1v) is 9.50. The number of hydrazone groups is 1. The van der Waals surface area contributed by atoms with Crippen molar-refractivity contribution in [2.75, 3.05) is 13.2 Å². The molecule has 0 aliphatic carbocycles. The molecule has 0 spiro atoms. The minimum absolute atomic E-state index is 0.0393. The SMILES string of the molecule is CCOc1cc(/C=N\NC(=O)C2COc3ccc(C(C)(C)C)cc3O2)ccc1O. The smallest absolute Gasteiger partial charge is 0.284 e. The summed E-state index contributed by atoms with van der Waals surface area (Å²) in [5, 5.41) is 13.7. The second-order valence-corrected chi connectivity index (χ2v) is 7.72. The van der Waals surface area contributed by atoms with Crippen LogP contribution in [0, 0.1) is 0 Å². The van der Waals surface area contributed by atoms with Gasteiger partial charge in [-0.15, -0.1) is 0 Å². The molecule has 1 aliphatic rings. The van der Waals surface area contributed by atoms with E-state index in [4.69, 9.17) is 14.2 Å². The summed E-state index contributed by atoms with van der Waals surface area (Å²) in [5.41, 5.74) is 4.19. The Morgan fingerprint density at radius 2 is 2.07 bits per heavy atom. The highest BCUT2D eigenvalue weighted by Gasteiger charge is 2.28. The van der Waals surface area contributed by atoms with Crippen LogP contribution in [0.15, 0.2) is 41.5 Å². The third-order valence-electron chi connectivity index (χ3n) is 4.43. The van der Waals surface area contributed by atoms with Crippen molar-refractivity contribution in [3.05, 3.63) is 47.5 Å². The van der Waals surface area contributed by atoms with Gasteiger partial charge in [-0.1, -0.05) is 26.8 Å².